The maximum absolute atomic E-state index is 12.5. The maximum Gasteiger partial charge on any atom is 0.320 e. The largest absolute Gasteiger partial charge is 0.481 e. The van der Waals surface area contributed by atoms with E-state index in [0.717, 1.165) is 11.3 Å². The third-order valence-corrected chi connectivity index (χ3v) is 4.18. The van der Waals surface area contributed by atoms with Crippen molar-refractivity contribution in [2.24, 2.45) is 5.41 Å². The summed E-state index contributed by atoms with van der Waals surface area (Å²) in [4.78, 5) is 27.1. The lowest BCUT2D eigenvalue weighted by molar-refractivity contribution is -0.150. The Morgan fingerprint density at radius 2 is 2.24 bits per heavy atom. The van der Waals surface area contributed by atoms with Crippen molar-refractivity contribution < 1.29 is 19.1 Å². The fraction of sp³-hybridized carbons (Fsp3) is 0.600. The third kappa shape index (κ3) is 3.20. The molecule has 1 fully saturated rings. The first-order valence-corrected chi connectivity index (χ1v) is 7.10. The summed E-state index contributed by atoms with van der Waals surface area (Å²) >= 11 is 0. The Morgan fingerprint density at radius 1 is 1.52 bits per heavy atom. The van der Waals surface area contributed by atoms with Crippen LogP contribution in [-0.4, -0.2) is 47.0 Å². The number of hydrogen-bond donors (Lipinski definition) is 1. The number of piperidine rings is 1. The number of carboxylic acid groups (broad SMARTS) is 1. The van der Waals surface area contributed by atoms with E-state index in [1.54, 1.807) is 30.0 Å². The first-order valence-electron chi connectivity index (χ1n) is 7.10. The fourth-order valence-electron chi connectivity index (χ4n) is 2.72. The number of carbonyl (C=O) groups excluding carboxylic acids is 1. The Balaban J connectivity index is 2.02. The number of amides is 2. The van der Waals surface area contributed by atoms with Crippen LogP contribution in [0.4, 0.5) is 4.79 Å². The minimum Gasteiger partial charge on any atom is -0.481 e. The zero-order chi connectivity index (χ0) is 15.6. The normalized spacial score (nSPS) is 22.1. The van der Waals surface area contributed by atoms with Crippen molar-refractivity contribution in [1.29, 1.82) is 0 Å². The van der Waals surface area contributed by atoms with Gasteiger partial charge >= 0.3 is 12.0 Å². The number of carbonyl (C=O) groups is 2. The van der Waals surface area contributed by atoms with Crippen molar-refractivity contribution in [2.75, 3.05) is 20.1 Å². The number of furan rings is 1. The Morgan fingerprint density at radius 3 is 2.81 bits per heavy atom. The Bertz CT molecular complexity index is 540. The quantitative estimate of drug-likeness (QED) is 0.928. The smallest absolute Gasteiger partial charge is 0.320 e. The molecule has 1 aliphatic heterocycles. The minimum absolute atomic E-state index is 0.136. The molecule has 1 N–H and O–H groups in total. The molecule has 2 amide bonds. The molecule has 0 saturated carbocycles. The van der Waals surface area contributed by atoms with Crippen LogP contribution in [0.3, 0.4) is 0 Å². The zero-order valence-corrected chi connectivity index (χ0v) is 12.8. The van der Waals surface area contributed by atoms with Gasteiger partial charge in [-0.1, -0.05) is 0 Å². The van der Waals surface area contributed by atoms with Crippen molar-refractivity contribution in [2.45, 2.75) is 33.2 Å². The van der Waals surface area contributed by atoms with E-state index in [1.807, 2.05) is 13.0 Å². The summed E-state index contributed by atoms with van der Waals surface area (Å²) in [5, 5.41) is 9.32. The highest BCUT2D eigenvalue weighted by Gasteiger charge is 2.40. The molecule has 0 radical (unpaired) electrons. The number of likely N-dealkylation sites (tertiary alicyclic amines) is 1. The first kappa shape index (κ1) is 15.4. The second-order valence-electron chi connectivity index (χ2n) is 6.03. The van der Waals surface area contributed by atoms with Crippen LogP contribution in [0.25, 0.3) is 0 Å². The highest BCUT2D eigenvalue weighted by atomic mass is 16.4. The standard InChI is InChI=1S/C15H22N2O4/c1-11-12(5-8-21-11)9-16(3)14(20)17-7-4-6-15(2,10-17)13(18)19/h5,8H,4,6-7,9-10H2,1-3H3,(H,18,19). The molecule has 1 aromatic rings. The molecular weight excluding hydrogens is 272 g/mol. The van der Waals surface area contributed by atoms with E-state index in [0.29, 0.717) is 25.9 Å². The molecular formula is C15H22N2O4. The highest BCUT2D eigenvalue weighted by molar-refractivity contribution is 5.78. The molecule has 0 aromatic carbocycles. The Kier molecular flexibility index (Phi) is 4.25. The van der Waals surface area contributed by atoms with Gasteiger partial charge in [0.1, 0.15) is 5.76 Å². The van der Waals surface area contributed by atoms with Crippen molar-refractivity contribution in [3.8, 4) is 0 Å². The fourth-order valence-corrected chi connectivity index (χ4v) is 2.72. The van der Waals surface area contributed by atoms with Crippen LogP contribution in [0.15, 0.2) is 16.7 Å². The molecule has 1 saturated heterocycles. The number of aryl methyl sites for hydroxylation is 1. The summed E-state index contributed by atoms with van der Waals surface area (Å²) in [7, 11) is 1.72. The molecule has 0 aliphatic carbocycles. The van der Waals surface area contributed by atoms with Crippen LogP contribution >= 0.6 is 0 Å². The maximum atomic E-state index is 12.5. The molecule has 1 aromatic heterocycles. The molecule has 0 spiro atoms. The van der Waals surface area contributed by atoms with E-state index >= 15 is 0 Å². The van der Waals surface area contributed by atoms with Crippen molar-refractivity contribution in [3.63, 3.8) is 0 Å². The van der Waals surface area contributed by atoms with Gasteiger partial charge in [-0.3, -0.25) is 4.79 Å². The second kappa shape index (κ2) is 5.79. The van der Waals surface area contributed by atoms with Crippen LogP contribution < -0.4 is 0 Å². The second-order valence-corrected chi connectivity index (χ2v) is 6.03. The predicted octanol–water partition coefficient (Wildman–Crippen LogP) is 2.33. The number of rotatable bonds is 3. The first-order chi connectivity index (χ1) is 9.83. The van der Waals surface area contributed by atoms with Gasteiger partial charge in [0, 0.05) is 25.7 Å². The number of aliphatic carboxylic acids is 1. The lowest BCUT2D eigenvalue weighted by atomic mass is 9.82. The van der Waals surface area contributed by atoms with Gasteiger partial charge in [0.25, 0.3) is 0 Å². The Labute approximate surface area is 124 Å². The SMILES string of the molecule is Cc1occc1CN(C)C(=O)N1CCCC(C)(C(=O)O)C1. The molecule has 6 nitrogen and oxygen atoms in total. The van der Waals surface area contributed by atoms with Crippen LogP contribution in [-0.2, 0) is 11.3 Å². The minimum atomic E-state index is -0.847. The summed E-state index contributed by atoms with van der Waals surface area (Å²) in [6.45, 7) is 4.89. The van der Waals surface area contributed by atoms with Gasteiger partial charge in [-0.2, -0.15) is 0 Å². The number of nitrogens with zero attached hydrogens (tertiary/aromatic N) is 2. The van der Waals surface area contributed by atoms with Crippen LogP contribution in [0, 0.1) is 12.3 Å². The summed E-state index contributed by atoms with van der Waals surface area (Å²) in [5.41, 5.74) is 0.115. The summed E-state index contributed by atoms with van der Waals surface area (Å²) in [5.74, 6) is -0.0444. The molecule has 21 heavy (non-hydrogen) atoms. The topological polar surface area (TPSA) is 74.0 Å². The van der Waals surface area contributed by atoms with Gasteiger partial charge in [0.05, 0.1) is 18.2 Å². The summed E-state index contributed by atoms with van der Waals surface area (Å²) < 4.78 is 5.23. The lowest BCUT2D eigenvalue weighted by Gasteiger charge is -2.39. The van der Waals surface area contributed by atoms with E-state index in [-0.39, 0.29) is 12.6 Å². The number of carboxylic acids is 1. The van der Waals surface area contributed by atoms with Crippen LogP contribution in [0.2, 0.25) is 0 Å². The molecule has 6 heteroatoms. The monoisotopic (exact) mass is 294 g/mol. The molecule has 2 rings (SSSR count). The van der Waals surface area contributed by atoms with Crippen LogP contribution in [0.1, 0.15) is 31.1 Å². The van der Waals surface area contributed by atoms with Gasteiger partial charge in [0.15, 0.2) is 0 Å². The molecule has 0 bridgehead atoms. The number of urea groups is 1. The molecule has 1 unspecified atom stereocenters. The van der Waals surface area contributed by atoms with Crippen molar-refractivity contribution in [3.05, 3.63) is 23.7 Å². The third-order valence-electron chi connectivity index (χ3n) is 4.18. The van der Waals surface area contributed by atoms with E-state index in [1.165, 1.54) is 0 Å². The Hall–Kier alpha value is -1.98. The highest BCUT2D eigenvalue weighted by Crippen LogP contribution is 2.30. The van der Waals surface area contributed by atoms with Crippen LogP contribution in [0.5, 0.6) is 0 Å². The van der Waals surface area contributed by atoms with E-state index in [4.69, 9.17) is 4.42 Å². The molecule has 2 heterocycles. The van der Waals surface area contributed by atoms with Gasteiger partial charge in [-0.25, -0.2) is 4.79 Å². The zero-order valence-electron chi connectivity index (χ0n) is 12.8. The molecule has 1 atom stereocenters. The molecule has 1 aliphatic rings. The van der Waals surface area contributed by atoms with Crippen molar-refractivity contribution in [1.82, 2.24) is 9.80 Å². The summed E-state index contributed by atoms with van der Waals surface area (Å²) in [6, 6.07) is 1.71. The van der Waals surface area contributed by atoms with E-state index in [9.17, 15) is 14.7 Å². The van der Waals surface area contributed by atoms with Gasteiger partial charge in [-0.15, -0.1) is 0 Å². The van der Waals surface area contributed by atoms with Gasteiger partial charge in [-0.05, 0) is 32.8 Å². The predicted molar refractivity (Wildman–Crippen MR) is 76.9 cm³/mol. The lowest BCUT2D eigenvalue weighted by Crippen LogP contribution is -2.51. The van der Waals surface area contributed by atoms with E-state index < -0.39 is 11.4 Å². The van der Waals surface area contributed by atoms with Crippen molar-refractivity contribution >= 4 is 12.0 Å². The van der Waals surface area contributed by atoms with E-state index in [2.05, 4.69) is 0 Å². The average Bonchev–Trinajstić information content (AvgIpc) is 2.83. The van der Waals surface area contributed by atoms with Gasteiger partial charge in [0.2, 0.25) is 0 Å². The van der Waals surface area contributed by atoms with Gasteiger partial charge < -0.3 is 19.3 Å². The molecule has 116 valence electrons. The summed E-state index contributed by atoms with van der Waals surface area (Å²) in [6.07, 6.45) is 2.93. The average molecular weight is 294 g/mol. The number of hydrogen-bond acceptors (Lipinski definition) is 3.